The highest BCUT2D eigenvalue weighted by Gasteiger charge is 2.31. The van der Waals surface area contributed by atoms with E-state index in [1.54, 1.807) is 0 Å². The van der Waals surface area contributed by atoms with Gasteiger partial charge in [0, 0.05) is 6.54 Å². The van der Waals surface area contributed by atoms with Gasteiger partial charge in [-0.3, -0.25) is 0 Å². The van der Waals surface area contributed by atoms with Crippen molar-refractivity contribution in [2.45, 2.75) is 32.2 Å². The molecule has 0 aromatic rings. The topological polar surface area (TPSA) is 44.5 Å². The monoisotopic (exact) mass is 171 g/mol. The van der Waals surface area contributed by atoms with Gasteiger partial charge in [0.2, 0.25) is 0 Å². The van der Waals surface area contributed by atoms with Crippen LogP contribution in [0.15, 0.2) is 12.2 Å². The van der Waals surface area contributed by atoms with E-state index >= 15 is 0 Å². The fraction of sp³-hybridized carbons (Fsp3) is 0.778. The molecule has 1 aliphatic heterocycles. The van der Waals surface area contributed by atoms with E-state index in [1.807, 2.05) is 26.0 Å². The Kier molecular flexibility index (Phi) is 3.26. The van der Waals surface area contributed by atoms with Crippen molar-refractivity contribution in [2.75, 3.05) is 13.2 Å². The van der Waals surface area contributed by atoms with Gasteiger partial charge in [-0.15, -0.1) is 0 Å². The van der Waals surface area contributed by atoms with Crippen LogP contribution in [-0.4, -0.2) is 25.0 Å². The summed E-state index contributed by atoms with van der Waals surface area (Å²) in [6, 6.07) is 0. The third kappa shape index (κ3) is 2.93. The minimum absolute atomic E-state index is 0.197. The second-order valence-electron chi connectivity index (χ2n) is 3.39. The Labute approximate surface area is 73.5 Å². The number of rotatable bonds is 3. The highest BCUT2D eigenvalue weighted by molar-refractivity contribution is 4.87. The first kappa shape index (κ1) is 9.71. The van der Waals surface area contributed by atoms with Gasteiger partial charge >= 0.3 is 0 Å². The van der Waals surface area contributed by atoms with E-state index in [0.717, 1.165) is 6.42 Å². The molecule has 0 unspecified atom stereocenters. The van der Waals surface area contributed by atoms with Gasteiger partial charge in [-0.1, -0.05) is 12.2 Å². The van der Waals surface area contributed by atoms with E-state index in [9.17, 15) is 0 Å². The average molecular weight is 171 g/mol. The lowest BCUT2D eigenvalue weighted by Gasteiger charge is -2.16. The van der Waals surface area contributed by atoms with Gasteiger partial charge in [0.15, 0.2) is 5.79 Å². The highest BCUT2D eigenvalue weighted by atomic mass is 16.7. The zero-order valence-corrected chi connectivity index (χ0v) is 7.75. The first-order valence-electron chi connectivity index (χ1n) is 4.31. The summed E-state index contributed by atoms with van der Waals surface area (Å²) in [5.74, 6) is -0.402. The fourth-order valence-corrected chi connectivity index (χ4v) is 1.22. The van der Waals surface area contributed by atoms with Crippen molar-refractivity contribution >= 4 is 0 Å². The second-order valence-corrected chi connectivity index (χ2v) is 3.39. The van der Waals surface area contributed by atoms with E-state index in [2.05, 4.69) is 0 Å². The van der Waals surface area contributed by atoms with Crippen molar-refractivity contribution < 1.29 is 9.47 Å². The predicted molar refractivity (Wildman–Crippen MR) is 47.7 cm³/mol. The van der Waals surface area contributed by atoms with Gasteiger partial charge in [0.05, 0.1) is 12.7 Å². The molecular weight excluding hydrogens is 154 g/mol. The smallest absolute Gasteiger partial charge is 0.163 e. The molecule has 1 aliphatic rings. The molecule has 1 saturated heterocycles. The third-order valence-corrected chi connectivity index (χ3v) is 1.77. The van der Waals surface area contributed by atoms with Crippen LogP contribution in [0, 0.1) is 0 Å². The zero-order chi connectivity index (χ0) is 9.03. The molecule has 0 aliphatic carbocycles. The van der Waals surface area contributed by atoms with E-state index in [0.29, 0.717) is 13.2 Å². The van der Waals surface area contributed by atoms with Crippen molar-refractivity contribution in [1.82, 2.24) is 0 Å². The van der Waals surface area contributed by atoms with Gasteiger partial charge in [0.25, 0.3) is 0 Å². The van der Waals surface area contributed by atoms with Crippen LogP contribution in [-0.2, 0) is 9.47 Å². The van der Waals surface area contributed by atoms with E-state index in [4.69, 9.17) is 15.2 Å². The summed E-state index contributed by atoms with van der Waals surface area (Å²) in [5.41, 5.74) is 5.31. The van der Waals surface area contributed by atoms with Crippen molar-refractivity contribution in [3.05, 3.63) is 12.2 Å². The highest BCUT2D eigenvalue weighted by Crippen LogP contribution is 2.23. The van der Waals surface area contributed by atoms with E-state index < -0.39 is 5.79 Å². The maximum absolute atomic E-state index is 5.58. The molecule has 0 aromatic carbocycles. The van der Waals surface area contributed by atoms with E-state index in [1.165, 1.54) is 0 Å². The van der Waals surface area contributed by atoms with Crippen molar-refractivity contribution in [1.29, 1.82) is 0 Å². The Morgan fingerprint density at radius 3 is 2.75 bits per heavy atom. The minimum atomic E-state index is -0.402. The first-order valence-corrected chi connectivity index (χ1v) is 4.31. The van der Waals surface area contributed by atoms with Gasteiger partial charge in [-0.25, -0.2) is 0 Å². The van der Waals surface area contributed by atoms with Crippen molar-refractivity contribution in [3.8, 4) is 0 Å². The first-order chi connectivity index (χ1) is 5.64. The molecule has 3 nitrogen and oxygen atoms in total. The quantitative estimate of drug-likeness (QED) is 0.645. The van der Waals surface area contributed by atoms with Gasteiger partial charge in [0.1, 0.15) is 0 Å². The zero-order valence-electron chi connectivity index (χ0n) is 7.75. The molecule has 0 aromatic heterocycles. The molecule has 12 heavy (non-hydrogen) atoms. The number of ether oxygens (including phenoxy) is 2. The summed E-state index contributed by atoms with van der Waals surface area (Å²) in [5, 5.41) is 0. The Bertz CT molecular complexity index is 166. The normalized spacial score (nSPS) is 28.4. The standard InChI is InChI=1S/C9H17NO2/c1-9(2)11-7-8(12-9)5-3-4-6-10/h3-4,8H,5-7,10H2,1-2H3/b4-3+/t8-/m0/s1. The lowest BCUT2D eigenvalue weighted by Crippen LogP contribution is -2.21. The van der Waals surface area contributed by atoms with Crippen LogP contribution in [0.4, 0.5) is 0 Å². The number of nitrogens with two attached hydrogens (primary N) is 1. The molecule has 1 fully saturated rings. The second kappa shape index (κ2) is 4.03. The Hall–Kier alpha value is -0.380. The summed E-state index contributed by atoms with van der Waals surface area (Å²) in [7, 11) is 0. The average Bonchev–Trinajstić information content (AvgIpc) is 2.31. The lowest BCUT2D eigenvalue weighted by atomic mass is 10.2. The van der Waals surface area contributed by atoms with Crippen molar-refractivity contribution in [2.24, 2.45) is 5.73 Å². The van der Waals surface area contributed by atoms with Crippen molar-refractivity contribution in [3.63, 3.8) is 0 Å². The SMILES string of the molecule is CC1(C)OC[C@H](C/C=C/CN)O1. The summed E-state index contributed by atoms with van der Waals surface area (Å²) < 4.78 is 11.0. The molecule has 0 amide bonds. The van der Waals surface area contributed by atoms with Gasteiger partial charge in [-0.05, 0) is 20.3 Å². The maximum atomic E-state index is 5.58. The van der Waals surface area contributed by atoms with Crippen LogP contribution >= 0.6 is 0 Å². The molecule has 1 rings (SSSR count). The maximum Gasteiger partial charge on any atom is 0.163 e. The molecule has 0 spiro atoms. The van der Waals surface area contributed by atoms with Crippen LogP contribution < -0.4 is 5.73 Å². The Morgan fingerprint density at radius 2 is 2.25 bits per heavy atom. The largest absolute Gasteiger partial charge is 0.348 e. The molecule has 70 valence electrons. The predicted octanol–water partition coefficient (Wildman–Crippen LogP) is 1.04. The number of hydrogen-bond donors (Lipinski definition) is 1. The number of hydrogen-bond acceptors (Lipinski definition) is 3. The third-order valence-electron chi connectivity index (χ3n) is 1.77. The Morgan fingerprint density at radius 1 is 1.50 bits per heavy atom. The minimum Gasteiger partial charge on any atom is -0.348 e. The molecule has 0 radical (unpaired) electrons. The fourth-order valence-electron chi connectivity index (χ4n) is 1.22. The van der Waals surface area contributed by atoms with Crippen LogP contribution in [0.5, 0.6) is 0 Å². The summed E-state index contributed by atoms with van der Waals surface area (Å²) in [4.78, 5) is 0. The summed E-state index contributed by atoms with van der Waals surface area (Å²) in [6.45, 7) is 5.14. The van der Waals surface area contributed by atoms with Gasteiger partial charge in [-0.2, -0.15) is 0 Å². The molecule has 1 atom stereocenters. The van der Waals surface area contributed by atoms with Crippen LogP contribution in [0.1, 0.15) is 20.3 Å². The molecule has 1 heterocycles. The lowest BCUT2D eigenvalue weighted by molar-refractivity contribution is -0.137. The molecule has 3 heteroatoms. The molecule has 0 bridgehead atoms. The van der Waals surface area contributed by atoms with Gasteiger partial charge < -0.3 is 15.2 Å². The molecular formula is C9H17NO2. The van der Waals surface area contributed by atoms with Crippen LogP contribution in [0.25, 0.3) is 0 Å². The molecule has 2 N–H and O–H groups in total. The molecule has 0 saturated carbocycles. The van der Waals surface area contributed by atoms with Crippen LogP contribution in [0.3, 0.4) is 0 Å². The Balaban J connectivity index is 2.24. The summed E-state index contributed by atoms with van der Waals surface area (Å²) in [6.07, 6.45) is 5.06. The summed E-state index contributed by atoms with van der Waals surface area (Å²) >= 11 is 0. The van der Waals surface area contributed by atoms with E-state index in [-0.39, 0.29) is 6.10 Å². The van der Waals surface area contributed by atoms with Crippen LogP contribution in [0.2, 0.25) is 0 Å².